The molecule has 1 unspecified atom stereocenters. The second kappa shape index (κ2) is 8.49. The van der Waals surface area contributed by atoms with Crippen molar-refractivity contribution in [2.45, 2.75) is 30.2 Å². The molecule has 0 saturated carbocycles. The number of furan rings is 1. The molecule has 8 nitrogen and oxygen atoms in total. The van der Waals surface area contributed by atoms with Crippen molar-refractivity contribution in [1.29, 1.82) is 0 Å². The maximum absolute atomic E-state index is 13.1. The fraction of sp³-hybridized carbons (Fsp3) is 0.250. The zero-order valence-corrected chi connectivity index (χ0v) is 18.6. The largest absolute Gasteiger partial charge is 0.472 e. The molecule has 5 rings (SSSR count). The van der Waals surface area contributed by atoms with Gasteiger partial charge in [-0.1, -0.05) is 18.2 Å². The highest BCUT2D eigenvalue weighted by Gasteiger charge is 2.39. The van der Waals surface area contributed by atoms with Crippen molar-refractivity contribution < 1.29 is 22.4 Å². The van der Waals surface area contributed by atoms with Crippen LogP contribution in [0.25, 0.3) is 0 Å². The third kappa shape index (κ3) is 3.94. The van der Waals surface area contributed by atoms with E-state index >= 15 is 0 Å². The minimum Gasteiger partial charge on any atom is -0.472 e. The zero-order chi connectivity index (χ0) is 23.0. The van der Waals surface area contributed by atoms with Gasteiger partial charge in [0, 0.05) is 24.5 Å². The summed E-state index contributed by atoms with van der Waals surface area (Å²) in [7, 11) is -3.75. The lowest BCUT2D eigenvalue weighted by Gasteiger charge is -2.23. The van der Waals surface area contributed by atoms with Gasteiger partial charge in [-0.3, -0.25) is 9.59 Å². The number of fused-ring (bicyclic) bond motifs is 1. The Bertz CT molecular complexity index is 1290. The van der Waals surface area contributed by atoms with Crippen molar-refractivity contribution in [3.63, 3.8) is 0 Å². The average Bonchev–Trinajstić information content (AvgIpc) is 3.60. The number of nitrogens with one attached hydrogen (secondary N) is 1. The second-order valence-corrected chi connectivity index (χ2v) is 10.0. The number of carbonyl (C=O) groups is 2. The van der Waals surface area contributed by atoms with Gasteiger partial charge in [0.2, 0.25) is 15.9 Å². The second-order valence-electron chi connectivity index (χ2n) is 8.14. The van der Waals surface area contributed by atoms with E-state index in [-0.39, 0.29) is 16.7 Å². The Morgan fingerprint density at radius 2 is 1.85 bits per heavy atom. The lowest BCUT2D eigenvalue weighted by atomic mass is 10.1. The van der Waals surface area contributed by atoms with Gasteiger partial charge in [-0.25, -0.2) is 8.42 Å². The number of benzene rings is 2. The molecule has 33 heavy (non-hydrogen) atoms. The zero-order valence-electron chi connectivity index (χ0n) is 17.8. The highest BCUT2D eigenvalue weighted by molar-refractivity contribution is 7.89. The maximum atomic E-state index is 13.1. The summed E-state index contributed by atoms with van der Waals surface area (Å²) in [4.78, 5) is 27.6. The number of rotatable bonds is 5. The smallest absolute Gasteiger partial charge is 0.261 e. The van der Waals surface area contributed by atoms with Crippen molar-refractivity contribution in [2.75, 3.05) is 23.3 Å². The van der Waals surface area contributed by atoms with Crippen molar-refractivity contribution in [2.24, 2.45) is 0 Å². The topological polar surface area (TPSA) is 99.9 Å². The van der Waals surface area contributed by atoms with Crippen LogP contribution in [0.15, 0.2) is 76.4 Å². The molecule has 2 aliphatic heterocycles. The van der Waals surface area contributed by atoms with Crippen LogP contribution in [0.5, 0.6) is 0 Å². The molecule has 0 aliphatic carbocycles. The Morgan fingerprint density at radius 3 is 2.61 bits per heavy atom. The van der Waals surface area contributed by atoms with Gasteiger partial charge in [0.15, 0.2) is 0 Å². The van der Waals surface area contributed by atoms with Crippen LogP contribution >= 0.6 is 0 Å². The SMILES string of the molecule is O=C(Nc1ccc2c(c1)CCN2C(=O)c1ccoc1)C1CCCN1S(=O)(=O)c1ccccc1. The minimum atomic E-state index is -3.75. The Labute approximate surface area is 191 Å². The number of sulfonamides is 1. The monoisotopic (exact) mass is 465 g/mol. The van der Waals surface area contributed by atoms with Crippen molar-refractivity contribution in [3.05, 3.63) is 78.3 Å². The molecule has 1 aromatic heterocycles. The molecular weight excluding hydrogens is 442 g/mol. The molecule has 1 atom stereocenters. The fourth-order valence-electron chi connectivity index (χ4n) is 4.48. The van der Waals surface area contributed by atoms with Crippen molar-refractivity contribution >= 4 is 33.2 Å². The summed E-state index contributed by atoms with van der Waals surface area (Å²) in [5.74, 6) is -0.483. The Balaban J connectivity index is 1.32. The number of hydrogen-bond acceptors (Lipinski definition) is 5. The number of nitrogens with zero attached hydrogens (tertiary/aromatic N) is 2. The lowest BCUT2D eigenvalue weighted by Crippen LogP contribution is -2.43. The van der Waals surface area contributed by atoms with Crippen LogP contribution in [0.4, 0.5) is 11.4 Å². The third-order valence-corrected chi connectivity index (χ3v) is 8.03. The molecule has 0 bridgehead atoms. The van der Waals surface area contributed by atoms with Crippen LogP contribution in [0.1, 0.15) is 28.8 Å². The number of hydrogen-bond donors (Lipinski definition) is 1. The first-order valence-electron chi connectivity index (χ1n) is 10.8. The third-order valence-electron chi connectivity index (χ3n) is 6.11. The van der Waals surface area contributed by atoms with Crippen LogP contribution in [0.3, 0.4) is 0 Å². The van der Waals surface area contributed by atoms with Gasteiger partial charge >= 0.3 is 0 Å². The Hall–Kier alpha value is -3.43. The highest BCUT2D eigenvalue weighted by Crippen LogP contribution is 2.32. The molecule has 170 valence electrons. The van der Waals surface area contributed by atoms with E-state index < -0.39 is 16.1 Å². The first-order valence-corrected chi connectivity index (χ1v) is 12.2. The van der Waals surface area contributed by atoms with Crippen molar-refractivity contribution in [3.8, 4) is 0 Å². The maximum Gasteiger partial charge on any atom is 0.261 e. The van der Waals surface area contributed by atoms with Crippen LogP contribution in [-0.4, -0.2) is 43.7 Å². The van der Waals surface area contributed by atoms with E-state index in [2.05, 4.69) is 5.32 Å². The molecule has 2 aromatic carbocycles. The van der Waals surface area contributed by atoms with Crippen LogP contribution < -0.4 is 10.2 Å². The Kier molecular flexibility index (Phi) is 5.51. The van der Waals surface area contributed by atoms with E-state index in [0.29, 0.717) is 43.6 Å². The number of carbonyl (C=O) groups excluding carboxylic acids is 2. The molecule has 9 heteroatoms. The van der Waals surface area contributed by atoms with E-state index in [1.165, 1.54) is 16.8 Å². The fourth-order valence-corrected chi connectivity index (χ4v) is 6.15. The summed E-state index contributed by atoms with van der Waals surface area (Å²) < 4.78 is 32.4. The molecule has 0 spiro atoms. The van der Waals surface area contributed by atoms with Crippen molar-refractivity contribution in [1.82, 2.24) is 4.31 Å². The van der Waals surface area contributed by atoms with Gasteiger partial charge in [0.1, 0.15) is 12.3 Å². The minimum absolute atomic E-state index is 0.132. The van der Waals surface area contributed by atoms with Gasteiger partial charge in [0.25, 0.3) is 5.91 Å². The highest BCUT2D eigenvalue weighted by atomic mass is 32.2. The van der Waals surface area contributed by atoms with Crippen LogP contribution in [0, 0.1) is 0 Å². The Morgan fingerprint density at radius 1 is 1.03 bits per heavy atom. The van der Waals surface area contributed by atoms with E-state index in [4.69, 9.17) is 4.42 Å². The predicted molar refractivity (Wildman–Crippen MR) is 123 cm³/mol. The summed E-state index contributed by atoms with van der Waals surface area (Å²) in [6, 6.07) is 14.4. The van der Waals surface area contributed by atoms with E-state index in [0.717, 1.165) is 11.3 Å². The molecule has 1 N–H and O–H groups in total. The van der Waals surface area contributed by atoms with Gasteiger partial charge in [-0.15, -0.1) is 0 Å². The standard InChI is InChI=1S/C24H23N3O5S/c28-23(22-7-4-12-27(22)33(30,31)20-5-2-1-3-6-20)25-19-8-9-21-17(15-19)10-13-26(21)24(29)18-11-14-32-16-18/h1-3,5-6,8-9,11,14-16,22H,4,7,10,12-13H2,(H,25,28). The van der Waals surface area contributed by atoms with Gasteiger partial charge in [0.05, 0.1) is 16.7 Å². The molecule has 3 aromatic rings. The summed E-state index contributed by atoms with van der Waals surface area (Å²) in [5, 5.41) is 2.88. The molecule has 1 fully saturated rings. The lowest BCUT2D eigenvalue weighted by molar-refractivity contribution is -0.119. The molecule has 3 heterocycles. The summed E-state index contributed by atoms with van der Waals surface area (Å²) in [6.07, 6.45) is 4.65. The van der Waals surface area contributed by atoms with Gasteiger partial charge in [-0.2, -0.15) is 4.31 Å². The van der Waals surface area contributed by atoms with Crippen LogP contribution in [0.2, 0.25) is 0 Å². The number of anilines is 2. The van der Waals surface area contributed by atoms with E-state index in [1.54, 1.807) is 47.4 Å². The van der Waals surface area contributed by atoms with E-state index in [1.807, 2.05) is 12.1 Å². The molecule has 2 aliphatic rings. The molecular formula is C24H23N3O5S. The first-order chi connectivity index (χ1) is 15.9. The average molecular weight is 466 g/mol. The molecule has 0 radical (unpaired) electrons. The quantitative estimate of drug-likeness (QED) is 0.623. The summed E-state index contributed by atoms with van der Waals surface area (Å²) in [5.41, 5.74) is 2.82. The summed E-state index contributed by atoms with van der Waals surface area (Å²) in [6.45, 7) is 0.854. The first kappa shape index (κ1) is 21.4. The summed E-state index contributed by atoms with van der Waals surface area (Å²) >= 11 is 0. The van der Waals surface area contributed by atoms with Crippen LogP contribution in [-0.2, 0) is 21.2 Å². The normalized spacial score (nSPS) is 18.3. The number of amides is 2. The predicted octanol–water partition coefficient (Wildman–Crippen LogP) is 3.27. The van der Waals surface area contributed by atoms with Gasteiger partial charge < -0.3 is 14.6 Å². The van der Waals surface area contributed by atoms with E-state index in [9.17, 15) is 18.0 Å². The molecule has 1 saturated heterocycles. The molecule has 2 amide bonds. The van der Waals surface area contributed by atoms with Gasteiger partial charge in [-0.05, 0) is 61.2 Å².